The molecule has 0 saturated carbocycles. The Labute approximate surface area is 250 Å². The molecule has 1 unspecified atom stereocenters. The highest BCUT2D eigenvalue weighted by Crippen LogP contribution is 2.43. The summed E-state index contributed by atoms with van der Waals surface area (Å²) in [5.74, 6) is 0.548. The molecule has 226 valence electrons. The monoisotopic (exact) mass is 587 g/mol. The summed E-state index contributed by atoms with van der Waals surface area (Å²) in [7, 11) is 1.69. The quantitative estimate of drug-likeness (QED) is 0.320. The number of hydrogen-bond acceptors (Lipinski definition) is 7. The van der Waals surface area contributed by atoms with Gasteiger partial charge in [-0.3, -0.25) is 14.3 Å². The lowest BCUT2D eigenvalue weighted by Gasteiger charge is -2.26. The predicted molar refractivity (Wildman–Crippen MR) is 163 cm³/mol. The molecule has 1 amide bonds. The molecule has 0 aliphatic carbocycles. The van der Waals surface area contributed by atoms with E-state index in [1.54, 1.807) is 22.7 Å². The van der Waals surface area contributed by atoms with Gasteiger partial charge in [-0.1, -0.05) is 6.07 Å². The van der Waals surface area contributed by atoms with Crippen molar-refractivity contribution in [3.8, 4) is 11.5 Å². The first-order valence-corrected chi connectivity index (χ1v) is 14.9. The van der Waals surface area contributed by atoms with Crippen LogP contribution in [-0.2, 0) is 13.1 Å². The Morgan fingerprint density at radius 3 is 2.74 bits per heavy atom. The first-order valence-electron chi connectivity index (χ1n) is 14.9. The van der Waals surface area contributed by atoms with Crippen molar-refractivity contribution in [1.29, 1.82) is 0 Å². The zero-order valence-corrected chi connectivity index (χ0v) is 25.1. The lowest BCUT2D eigenvalue weighted by Crippen LogP contribution is -2.33. The third-order valence-corrected chi connectivity index (χ3v) is 8.96. The third-order valence-electron chi connectivity index (χ3n) is 8.96. The number of aryl methyl sites for hydroxylation is 1. The maximum absolute atomic E-state index is 14.2. The Balaban J connectivity index is 1.17. The fourth-order valence-electron chi connectivity index (χ4n) is 6.41. The molecule has 2 fully saturated rings. The lowest BCUT2D eigenvalue weighted by molar-refractivity contribution is 0.0751. The number of nitrogens with zero attached hydrogens (tertiary/aromatic N) is 6. The average molecular weight is 588 g/mol. The molecule has 6 rings (SSSR count). The van der Waals surface area contributed by atoms with Crippen molar-refractivity contribution in [3.05, 3.63) is 76.4 Å². The fourth-order valence-corrected chi connectivity index (χ4v) is 6.41. The number of benzene rings is 2. The van der Waals surface area contributed by atoms with Crippen LogP contribution in [0.2, 0.25) is 0 Å². The number of fused-ring (bicyclic) bond motifs is 1. The molecule has 4 heterocycles. The Kier molecular flexibility index (Phi) is 7.68. The number of halogens is 1. The van der Waals surface area contributed by atoms with Crippen molar-refractivity contribution in [3.63, 3.8) is 0 Å². The molecule has 2 aromatic heterocycles. The summed E-state index contributed by atoms with van der Waals surface area (Å²) in [6.07, 6.45) is 5.21. The van der Waals surface area contributed by atoms with Gasteiger partial charge in [-0.2, -0.15) is 0 Å². The second kappa shape index (κ2) is 11.4. The van der Waals surface area contributed by atoms with Crippen LogP contribution in [0.15, 0.2) is 53.7 Å². The van der Waals surface area contributed by atoms with Gasteiger partial charge >= 0.3 is 5.69 Å². The smallest absolute Gasteiger partial charge is 0.326 e. The molecule has 4 aromatic rings. The normalized spacial score (nSPS) is 18.8. The van der Waals surface area contributed by atoms with Gasteiger partial charge in [-0.15, -0.1) is 0 Å². The minimum atomic E-state index is -0.503. The van der Waals surface area contributed by atoms with E-state index in [-0.39, 0.29) is 34.4 Å². The van der Waals surface area contributed by atoms with Gasteiger partial charge in [-0.25, -0.2) is 19.2 Å². The fraction of sp³-hybridized carbons (Fsp3) is 0.438. The number of aromatic amines is 1. The number of rotatable bonds is 8. The summed E-state index contributed by atoms with van der Waals surface area (Å²) in [6.45, 7) is 10.9. The zero-order chi connectivity index (χ0) is 30.3. The number of hydrogen-bond donors (Lipinski definition) is 1. The number of carbonyl (C=O) groups is 1. The molecule has 2 aliphatic rings. The van der Waals surface area contributed by atoms with Crippen LogP contribution in [0.1, 0.15) is 49.5 Å². The number of carbonyl (C=O) groups excluding carboxylic acids is 1. The van der Waals surface area contributed by atoms with Gasteiger partial charge in [0.1, 0.15) is 17.9 Å². The summed E-state index contributed by atoms with van der Waals surface area (Å²) in [6, 6.07) is 10.2. The van der Waals surface area contributed by atoms with Crippen LogP contribution in [0.25, 0.3) is 11.0 Å². The molecule has 1 N–H and O–H groups in total. The molecule has 1 atom stereocenters. The summed E-state index contributed by atoms with van der Waals surface area (Å²) < 4.78 is 22.2. The first kappa shape index (κ1) is 28.9. The van der Waals surface area contributed by atoms with E-state index in [2.05, 4.69) is 36.9 Å². The molecule has 43 heavy (non-hydrogen) atoms. The van der Waals surface area contributed by atoms with Gasteiger partial charge in [0.15, 0.2) is 11.6 Å². The van der Waals surface area contributed by atoms with Crippen LogP contribution in [0.3, 0.4) is 0 Å². The van der Waals surface area contributed by atoms with Crippen LogP contribution in [0.5, 0.6) is 11.5 Å². The number of H-pyrrole nitrogens is 1. The minimum Gasteiger partial charge on any atom is -0.451 e. The van der Waals surface area contributed by atoms with Crippen LogP contribution >= 0.6 is 0 Å². The predicted octanol–water partition coefficient (Wildman–Crippen LogP) is 4.65. The summed E-state index contributed by atoms with van der Waals surface area (Å²) >= 11 is 0. The van der Waals surface area contributed by atoms with Crippen LogP contribution in [0.4, 0.5) is 10.2 Å². The Morgan fingerprint density at radius 1 is 1.14 bits per heavy atom. The van der Waals surface area contributed by atoms with Crippen molar-refractivity contribution in [2.45, 2.75) is 52.7 Å². The minimum absolute atomic E-state index is 0.0546. The Hall–Kier alpha value is -4.25. The van der Waals surface area contributed by atoms with Crippen molar-refractivity contribution in [2.24, 2.45) is 5.41 Å². The van der Waals surface area contributed by atoms with E-state index in [1.807, 2.05) is 26.8 Å². The molecule has 2 aliphatic heterocycles. The number of nitrogens with one attached hydrogen (secondary N) is 1. The Bertz CT molecular complexity index is 1720. The molecular weight excluding hydrogens is 549 g/mol. The van der Waals surface area contributed by atoms with E-state index in [0.717, 1.165) is 56.6 Å². The van der Waals surface area contributed by atoms with Gasteiger partial charge in [0.25, 0.3) is 5.91 Å². The summed E-state index contributed by atoms with van der Waals surface area (Å²) in [5, 5.41) is 0. The number of likely N-dealkylation sites (tertiary alicyclic amines) is 1. The summed E-state index contributed by atoms with van der Waals surface area (Å²) in [4.78, 5) is 43.4. The van der Waals surface area contributed by atoms with Gasteiger partial charge in [0, 0.05) is 51.2 Å². The second-order valence-electron chi connectivity index (χ2n) is 12.1. The van der Waals surface area contributed by atoms with E-state index in [4.69, 9.17) is 4.74 Å². The van der Waals surface area contributed by atoms with E-state index in [0.29, 0.717) is 18.1 Å². The SMILES string of the molecule is CCn1c(=O)[nH]c2cc(CN3CCC4(CCN(c5ncncc5Oc5ccc(F)cc5C(=O)N(C)C(C)C)C4)C3)ccc21. The van der Waals surface area contributed by atoms with E-state index in [1.165, 1.54) is 30.1 Å². The van der Waals surface area contributed by atoms with Gasteiger partial charge in [0.05, 0.1) is 22.8 Å². The van der Waals surface area contributed by atoms with E-state index >= 15 is 0 Å². The molecule has 2 saturated heterocycles. The van der Waals surface area contributed by atoms with E-state index < -0.39 is 5.82 Å². The number of anilines is 1. The topological polar surface area (TPSA) is 99.6 Å². The van der Waals surface area contributed by atoms with Crippen molar-refractivity contribution < 1.29 is 13.9 Å². The highest BCUT2D eigenvalue weighted by molar-refractivity contribution is 5.97. The molecule has 2 aromatic carbocycles. The third kappa shape index (κ3) is 5.61. The van der Waals surface area contributed by atoms with Gasteiger partial charge < -0.3 is 19.5 Å². The highest BCUT2D eigenvalue weighted by atomic mass is 19.1. The number of aromatic nitrogens is 4. The molecular formula is C32H38FN7O3. The van der Waals surface area contributed by atoms with Crippen molar-refractivity contribution in [2.75, 3.05) is 38.1 Å². The molecule has 0 bridgehead atoms. The second-order valence-corrected chi connectivity index (χ2v) is 12.1. The zero-order valence-electron chi connectivity index (χ0n) is 25.1. The maximum atomic E-state index is 14.2. The van der Waals surface area contributed by atoms with Crippen molar-refractivity contribution in [1.82, 2.24) is 29.3 Å². The van der Waals surface area contributed by atoms with Gasteiger partial charge in [0.2, 0.25) is 0 Å². The summed E-state index contributed by atoms with van der Waals surface area (Å²) in [5.41, 5.74) is 3.21. The number of ether oxygens (including phenoxy) is 1. The molecule has 0 radical (unpaired) electrons. The maximum Gasteiger partial charge on any atom is 0.326 e. The van der Waals surface area contributed by atoms with Crippen LogP contribution in [0, 0.1) is 11.2 Å². The largest absolute Gasteiger partial charge is 0.451 e. The Morgan fingerprint density at radius 2 is 1.95 bits per heavy atom. The van der Waals surface area contributed by atoms with Crippen LogP contribution in [-0.4, -0.2) is 74.5 Å². The first-order chi connectivity index (χ1) is 20.7. The lowest BCUT2D eigenvalue weighted by atomic mass is 9.86. The highest BCUT2D eigenvalue weighted by Gasteiger charge is 2.44. The molecule has 11 heteroatoms. The standard InChI is InChI=1S/C32H38FN7O3/c1-5-40-26-8-6-22(14-25(26)36-31(40)42)17-38-12-10-32(18-38)11-13-39(19-32)29-28(16-34-20-35-29)43-27-9-7-23(33)15-24(27)30(41)37(4)21(2)3/h6-9,14-16,20-21H,5,10-13,17-19H2,1-4H3,(H,36,42). The number of imidazole rings is 1. The molecule has 1 spiro atoms. The van der Waals surface area contributed by atoms with Gasteiger partial charge in [-0.05, 0) is 76.1 Å². The average Bonchev–Trinajstić information content (AvgIpc) is 3.69. The van der Waals surface area contributed by atoms with Crippen molar-refractivity contribution >= 4 is 22.8 Å². The van der Waals surface area contributed by atoms with Crippen LogP contribution < -0.4 is 15.3 Å². The molecule has 10 nitrogen and oxygen atoms in total. The number of amides is 1. The van der Waals surface area contributed by atoms with E-state index in [9.17, 15) is 14.0 Å².